The molecule has 7 nitrogen and oxygen atoms in total. The van der Waals surface area contributed by atoms with Gasteiger partial charge in [-0.1, -0.05) is 12.5 Å². The van der Waals surface area contributed by atoms with Crippen molar-refractivity contribution in [3.63, 3.8) is 0 Å². The van der Waals surface area contributed by atoms with Crippen LogP contribution in [0.2, 0.25) is 0 Å². The fourth-order valence-electron chi connectivity index (χ4n) is 4.64. The molecule has 1 aromatic carbocycles. The fraction of sp³-hybridized carbons (Fsp3) is 0.500. The van der Waals surface area contributed by atoms with E-state index in [1.54, 1.807) is 12.1 Å². The van der Waals surface area contributed by atoms with E-state index in [0.29, 0.717) is 29.2 Å². The van der Waals surface area contributed by atoms with E-state index in [0.717, 1.165) is 51.1 Å². The van der Waals surface area contributed by atoms with E-state index in [4.69, 9.17) is 10.5 Å². The van der Waals surface area contributed by atoms with Gasteiger partial charge >= 0.3 is 0 Å². The molecule has 7 heteroatoms. The maximum Gasteiger partial charge on any atom is 0.142 e. The predicted octanol–water partition coefficient (Wildman–Crippen LogP) is 3.24. The number of hydrogen-bond donors (Lipinski definition) is 3. The maximum absolute atomic E-state index is 10.7. The first kappa shape index (κ1) is 21.4. The summed E-state index contributed by atoms with van der Waals surface area (Å²) in [7, 11) is 0. The summed E-state index contributed by atoms with van der Waals surface area (Å²) in [6.07, 6.45) is 5.83. The van der Waals surface area contributed by atoms with Crippen molar-refractivity contribution in [3.8, 4) is 28.8 Å². The van der Waals surface area contributed by atoms with Crippen molar-refractivity contribution in [2.45, 2.75) is 38.0 Å². The van der Waals surface area contributed by atoms with E-state index in [1.165, 1.54) is 19.3 Å². The highest BCUT2D eigenvalue weighted by molar-refractivity contribution is 5.76. The lowest BCUT2D eigenvalue weighted by Crippen LogP contribution is -2.33. The lowest BCUT2D eigenvalue weighted by atomic mass is 9.88. The Balaban J connectivity index is 1.62. The van der Waals surface area contributed by atoms with Crippen molar-refractivity contribution >= 4 is 5.82 Å². The molecule has 3 heterocycles. The molecule has 1 aromatic heterocycles. The number of phenolic OH excluding ortho intramolecular Hbond substituents is 1. The summed E-state index contributed by atoms with van der Waals surface area (Å²) >= 11 is 0. The first-order chi connectivity index (χ1) is 15.2. The molecule has 4 N–H and O–H groups in total. The van der Waals surface area contributed by atoms with Gasteiger partial charge in [-0.2, -0.15) is 5.26 Å². The van der Waals surface area contributed by atoms with Crippen LogP contribution in [0.3, 0.4) is 0 Å². The summed E-state index contributed by atoms with van der Waals surface area (Å²) in [5.74, 6) is 1.08. The predicted molar refractivity (Wildman–Crippen MR) is 121 cm³/mol. The summed E-state index contributed by atoms with van der Waals surface area (Å²) in [4.78, 5) is 6.89. The number of pyridine rings is 1. The number of piperidine rings is 2. The molecule has 0 bridgehead atoms. The highest BCUT2D eigenvalue weighted by Gasteiger charge is 2.24. The van der Waals surface area contributed by atoms with E-state index in [1.807, 2.05) is 12.1 Å². The smallest absolute Gasteiger partial charge is 0.142 e. The summed E-state index contributed by atoms with van der Waals surface area (Å²) in [6.45, 7) is 5.42. The molecule has 1 atom stereocenters. The van der Waals surface area contributed by atoms with Gasteiger partial charge in [0.1, 0.15) is 30.0 Å². The number of phenols is 1. The van der Waals surface area contributed by atoms with Gasteiger partial charge < -0.3 is 20.9 Å². The molecule has 0 amide bonds. The first-order valence-electron chi connectivity index (χ1n) is 11.3. The third kappa shape index (κ3) is 4.92. The number of nitrogens with zero attached hydrogens (tertiary/aromatic N) is 3. The first-order valence-corrected chi connectivity index (χ1v) is 11.3. The Hall–Kier alpha value is -2.82. The van der Waals surface area contributed by atoms with Gasteiger partial charge in [-0.05, 0) is 75.0 Å². The Morgan fingerprint density at radius 2 is 2.10 bits per heavy atom. The van der Waals surface area contributed by atoms with Crippen molar-refractivity contribution in [3.05, 3.63) is 35.4 Å². The minimum absolute atomic E-state index is 0.0970. The molecule has 0 radical (unpaired) electrons. The molecule has 2 aromatic rings. The zero-order chi connectivity index (χ0) is 21.6. The molecule has 0 spiro atoms. The van der Waals surface area contributed by atoms with Crippen LogP contribution < -0.4 is 15.8 Å². The normalized spacial score (nSPS) is 19.6. The summed E-state index contributed by atoms with van der Waals surface area (Å²) in [5, 5.41) is 23.7. The number of nitrogen functional groups attached to an aromatic ring is 1. The Morgan fingerprint density at radius 1 is 1.26 bits per heavy atom. The number of likely N-dealkylation sites (tertiary alicyclic amines) is 1. The Labute approximate surface area is 183 Å². The second-order valence-electron chi connectivity index (χ2n) is 8.41. The number of aromatic hydroxyl groups is 1. The van der Waals surface area contributed by atoms with Crippen molar-refractivity contribution in [2.24, 2.45) is 0 Å². The molecular formula is C24H31N5O2. The zero-order valence-corrected chi connectivity index (χ0v) is 17.9. The van der Waals surface area contributed by atoms with Crippen LogP contribution >= 0.6 is 0 Å². The van der Waals surface area contributed by atoms with Crippen LogP contribution in [0.25, 0.3) is 11.3 Å². The molecule has 2 fully saturated rings. The monoisotopic (exact) mass is 421 g/mol. The highest BCUT2D eigenvalue weighted by atomic mass is 16.5. The standard InChI is InChI=1S/C24H31N5O2/c25-15-19-18(17-6-5-9-27-16-17)14-20(28-24(19)26)23-21(30)7-4-8-22(23)31-13-12-29-10-2-1-3-11-29/h4,7-8,14,17,27,30H,1-3,5-6,9-13,16H2,(H2,26,28). The molecule has 164 valence electrons. The largest absolute Gasteiger partial charge is 0.507 e. The van der Waals surface area contributed by atoms with Gasteiger partial charge in [0, 0.05) is 13.1 Å². The number of aromatic nitrogens is 1. The third-order valence-corrected chi connectivity index (χ3v) is 6.30. The van der Waals surface area contributed by atoms with Crippen LogP contribution in [-0.2, 0) is 0 Å². The molecule has 4 rings (SSSR count). The van der Waals surface area contributed by atoms with Crippen molar-refractivity contribution in [1.82, 2.24) is 15.2 Å². The van der Waals surface area contributed by atoms with Crippen LogP contribution in [-0.4, -0.2) is 54.3 Å². The van der Waals surface area contributed by atoms with Crippen LogP contribution in [0.1, 0.15) is 49.1 Å². The van der Waals surface area contributed by atoms with Crippen LogP contribution in [0, 0.1) is 11.3 Å². The Bertz CT molecular complexity index is 944. The van der Waals surface area contributed by atoms with Crippen LogP contribution in [0.15, 0.2) is 24.3 Å². The van der Waals surface area contributed by atoms with Crippen molar-refractivity contribution in [2.75, 3.05) is 45.1 Å². The number of anilines is 1. The van der Waals surface area contributed by atoms with E-state index in [9.17, 15) is 10.4 Å². The number of ether oxygens (including phenoxy) is 1. The maximum atomic E-state index is 10.7. The number of nitriles is 1. The summed E-state index contributed by atoms with van der Waals surface area (Å²) in [6, 6.07) is 9.38. The van der Waals surface area contributed by atoms with Gasteiger partial charge in [-0.3, -0.25) is 4.90 Å². The second-order valence-corrected chi connectivity index (χ2v) is 8.41. The average Bonchev–Trinajstić information content (AvgIpc) is 2.80. The van der Waals surface area contributed by atoms with Gasteiger partial charge in [0.25, 0.3) is 0 Å². The lowest BCUT2D eigenvalue weighted by Gasteiger charge is -2.26. The topological polar surface area (TPSA) is 107 Å². The van der Waals surface area contributed by atoms with E-state index < -0.39 is 0 Å². The number of rotatable bonds is 6. The minimum atomic E-state index is 0.0970. The fourth-order valence-corrected chi connectivity index (χ4v) is 4.64. The quantitative estimate of drug-likeness (QED) is 0.657. The highest BCUT2D eigenvalue weighted by Crippen LogP contribution is 2.40. The zero-order valence-electron chi connectivity index (χ0n) is 17.9. The van der Waals surface area contributed by atoms with E-state index >= 15 is 0 Å². The van der Waals surface area contributed by atoms with Crippen LogP contribution in [0.4, 0.5) is 5.82 Å². The molecule has 1 unspecified atom stereocenters. The average molecular weight is 422 g/mol. The van der Waals surface area contributed by atoms with Gasteiger partial charge in [0.05, 0.1) is 16.8 Å². The van der Waals surface area contributed by atoms with Crippen LogP contribution in [0.5, 0.6) is 11.5 Å². The number of hydrogen-bond acceptors (Lipinski definition) is 7. The molecule has 0 aliphatic carbocycles. The van der Waals surface area contributed by atoms with Gasteiger partial charge in [-0.15, -0.1) is 0 Å². The second kappa shape index (κ2) is 9.99. The minimum Gasteiger partial charge on any atom is -0.507 e. The van der Waals surface area contributed by atoms with Gasteiger partial charge in [0.15, 0.2) is 0 Å². The molecular weight excluding hydrogens is 390 g/mol. The SMILES string of the molecule is N#Cc1c(C2CCCNC2)cc(-c2c(O)cccc2OCCN2CCCCC2)nc1N. The van der Waals surface area contributed by atoms with Gasteiger partial charge in [-0.25, -0.2) is 4.98 Å². The molecule has 31 heavy (non-hydrogen) atoms. The number of nitrogens with two attached hydrogens (primary N) is 1. The number of benzene rings is 1. The van der Waals surface area contributed by atoms with Gasteiger partial charge in [0.2, 0.25) is 0 Å². The lowest BCUT2D eigenvalue weighted by molar-refractivity contribution is 0.183. The third-order valence-electron chi connectivity index (χ3n) is 6.30. The van der Waals surface area contributed by atoms with Crippen molar-refractivity contribution < 1.29 is 9.84 Å². The molecule has 0 saturated carbocycles. The van der Waals surface area contributed by atoms with E-state index in [-0.39, 0.29) is 17.5 Å². The molecule has 2 aliphatic heterocycles. The van der Waals surface area contributed by atoms with Crippen molar-refractivity contribution in [1.29, 1.82) is 5.26 Å². The summed E-state index contributed by atoms with van der Waals surface area (Å²) in [5.41, 5.74) is 8.59. The molecule has 2 aliphatic rings. The Morgan fingerprint density at radius 3 is 2.84 bits per heavy atom. The Kier molecular flexibility index (Phi) is 6.90. The number of nitrogens with one attached hydrogen (secondary N) is 1. The molecule has 2 saturated heterocycles. The van der Waals surface area contributed by atoms with E-state index in [2.05, 4.69) is 21.3 Å². The summed E-state index contributed by atoms with van der Waals surface area (Å²) < 4.78 is 6.10.